The highest BCUT2D eigenvalue weighted by molar-refractivity contribution is 14.1. The number of hydrogen-bond acceptors (Lipinski definition) is 0. The summed E-state index contributed by atoms with van der Waals surface area (Å²) in [6.07, 6.45) is 4.27. The van der Waals surface area contributed by atoms with E-state index in [0.717, 1.165) is 0 Å². The maximum absolute atomic E-state index is 2.32. The fraction of sp³-hybridized carbons (Fsp3) is 0. The van der Waals surface area contributed by atoms with E-state index in [0.29, 0.717) is 0 Å². The van der Waals surface area contributed by atoms with Crippen molar-refractivity contribution in [3.05, 3.63) is 66.8 Å². The molecule has 0 bridgehead atoms. The van der Waals surface area contributed by atoms with Crippen molar-refractivity contribution in [2.45, 2.75) is 0 Å². The molecule has 2 aromatic carbocycles. The first-order chi connectivity index (χ1) is 7.74. The van der Waals surface area contributed by atoms with Crippen molar-refractivity contribution >= 4 is 57.3 Å². The van der Waals surface area contributed by atoms with Crippen molar-refractivity contribution < 1.29 is 0 Å². The molecule has 0 heterocycles. The zero-order chi connectivity index (χ0) is 11.4. The molecule has 16 heavy (non-hydrogen) atoms. The van der Waals surface area contributed by atoms with Gasteiger partial charge in [0.25, 0.3) is 0 Å². The van der Waals surface area contributed by atoms with Crippen LogP contribution in [0.4, 0.5) is 0 Å². The Morgan fingerprint density at radius 3 is 1.19 bits per heavy atom. The Bertz CT molecular complexity index is 434. The van der Waals surface area contributed by atoms with Crippen LogP contribution in [-0.4, -0.2) is 0 Å². The van der Waals surface area contributed by atoms with Crippen molar-refractivity contribution in [3.8, 4) is 0 Å². The van der Waals surface area contributed by atoms with Gasteiger partial charge in [0.05, 0.1) is 0 Å². The second-order valence-electron chi connectivity index (χ2n) is 3.44. The lowest BCUT2D eigenvalue weighted by molar-refractivity contribution is 1.60. The van der Waals surface area contributed by atoms with Gasteiger partial charge in [0.2, 0.25) is 0 Å². The average molecular weight is 432 g/mol. The summed E-state index contributed by atoms with van der Waals surface area (Å²) in [6.45, 7) is 0. The van der Waals surface area contributed by atoms with Crippen LogP contribution in [0.2, 0.25) is 0 Å². The van der Waals surface area contributed by atoms with E-state index in [-0.39, 0.29) is 0 Å². The molecule has 2 aromatic rings. The van der Waals surface area contributed by atoms with E-state index in [4.69, 9.17) is 0 Å². The van der Waals surface area contributed by atoms with Crippen molar-refractivity contribution in [3.63, 3.8) is 0 Å². The molecule has 0 nitrogen and oxygen atoms in total. The fourth-order valence-electron chi connectivity index (χ4n) is 1.34. The molecule has 2 heteroatoms. The number of benzene rings is 2. The van der Waals surface area contributed by atoms with Crippen molar-refractivity contribution in [2.24, 2.45) is 0 Å². The highest BCUT2D eigenvalue weighted by atomic mass is 127. The van der Waals surface area contributed by atoms with E-state index >= 15 is 0 Å². The summed E-state index contributed by atoms with van der Waals surface area (Å²) in [4.78, 5) is 0. The monoisotopic (exact) mass is 432 g/mol. The van der Waals surface area contributed by atoms with E-state index < -0.39 is 0 Å². The summed E-state index contributed by atoms with van der Waals surface area (Å²) in [5, 5.41) is 0. The second-order valence-corrected chi connectivity index (χ2v) is 5.93. The Morgan fingerprint density at radius 2 is 0.875 bits per heavy atom. The van der Waals surface area contributed by atoms with Gasteiger partial charge in [-0.15, -0.1) is 0 Å². The van der Waals surface area contributed by atoms with Gasteiger partial charge in [-0.25, -0.2) is 0 Å². The molecule has 0 atom stereocenters. The fourth-order valence-corrected chi connectivity index (χ4v) is 2.06. The minimum atomic E-state index is 1.24. The molecule has 0 aliphatic heterocycles. The van der Waals surface area contributed by atoms with Crippen LogP contribution >= 0.6 is 45.2 Å². The zero-order valence-electron chi connectivity index (χ0n) is 8.53. The summed E-state index contributed by atoms with van der Waals surface area (Å²) >= 11 is 4.63. The topological polar surface area (TPSA) is 0 Å². The molecule has 0 N–H and O–H groups in total. The van der Waals surface area contributed by atoms with Crippen LogP contribution in [0.15, 0.2) is 48.5 Å². The van der Waals surface area contributed by atoms with Crippen molar-refractivity contribution in [1.82, 2.24) is 0 Å². The lowest BCUT2D eigenvalue weighted by Crippen LogP contribution is -1.75. The molecule has 0 amide bonds. The Kier molecular flexibility index (Phi) is 4.40. The molecule has 0 unspecified atom stereocenters. The van der Waals surface area contributed by atoms with Gasteiger partial charge in [0, 0.05) is 7.14 Å². The molecule has 0 radical (unpaired) electrons. The van der Waals surface area contributed by atoms with E-state index in [9.17, 15) is 0 Å². The van der Waals surface area contributed by atoms with Gasteiger partial charge in [-0.3, -0.25) is 0 Å². The van der Waals surface area contributed by atoms with Crippen molar-refractivity contribution in [2.75, 3.05) is 0 Å². The third-order valence-corrected chi connectivity index (χ3v) is 3.65. The first-order valence-corrected chi connectivity index (χ1v) is 7.09. The lowest BCUT2D eigenvalue weighted by Gasteiger charge is -1.95. The highest BCUT2D eigenvalue weighted by Crippen LogP contribution is 2.12. The largest absolute Gasteiger partial charge is 0.0544 e. The first kappa shape index (κ1) is 12.1. The molecule has 0 saturated carbocycles. The van der Waals surface area contributed by atoms with Crippen LogP contribution in [0, 0.1) is 7.14 Å². The molecule has 0 aromatic heterocycles. The predicted molar refractivity (Wildman–Crippen MR) is 87.2 cm³/mol. The molecule has 0 saturated heterocycles. The lowest BCUT2D eigenvalue weighted by atomic mass is 10.1. The smallest absolute Gasteiger partial charge is 0.0130 e. The van der Waals surface area contributed by atoms with Crippen LogP contribution in [0.25, 0.3) is 12.2 Å². The van der Waals surface area contributed by atoms with Gasteiger partial charge in [-0.2, -0.15) is 0 Å². The number of rotatable bonds is 2. The van der Waals surface area contributed by atoms with Gasteiger partial charge in [0.15, 0.2) is 0 Å². The summed E-state index contributed by atoms with van der Waals surface area (Å²) in [5.74, 6) is 0. The Labute approximate surface area is 123 Å². The maximum atomic E-state index is 2.32. The maximum Gasteiger partial charge on any atom is 0.0130 e. The number of hydrogen-bond donors (Lipinski definition) is 0. The molecule has 0 aliphatic rings. The summed E-state index contributed by atoms with van der Waals surface area (Å²) < 4.78 is 2.54. The predicted octanol–water partition coefficient (Wildman–Crippen LogP) is 5.07. The minimum absolute atomic E-state index is 1.24. The molecule has 2 rings (SSSR count). The Balaban J connectivity index is 2.15. The third kappa shape index (κ3) is 3.59. The SMILES string of the molecule is Ic1ccc(C=Cc2ccc(I)cc2)cc1. The van der Waals surface area contributed by atoms with Crippen LogP contribution < -0.4 is 0 Å². The van der Waals surface area contributed by atoms with Crippen LogP contribution in [-0.2, 0) is 0 Å². The first-order valence-electron chi connectivity index (χ1n) is 4.93. The van der Waals surface area contributed by atoms with Gasteiger partial charge >= 0.3 is 0 Å². The molecular formula is C14H10I2. The van der Waals surface area contributed by atoms with Crippen LogP contribution in [0.1, 0.15) is 11.1 Å². The number of halogens is 2. The minimum Gasteiger partial charge on any atom is -0.0544 e. The second kappa shape index (κ2) is 5.82. The average Bonchev–Trinajstić information content (AvgIpc) is 2.30. The van der Waals surface area contributed by atoms with E-state index in [1.807, 2.05) is 0 Å². The highest BCUT2D eigenvalue weighted by Gasteiger charge is 1.89. The Morgan fingerprint density at radius 1 is 0.562 bits per heavy atom. The van der Waals surface area contributed by atoms with Gasteiger partial charge < -0.3 is 0 Å². The normalized spacial score (nSPS) is 10.9. The molecule has 80 valence electrons. The van der Waals surface area contributed by atoms with E-state index in [1.54, 1.807) is 0 Å². The van der Waals surface area contributed by atoms with E-state index in [1.165, 1.54) is 18.3 Å². The van der Waals surface area contributed by atoms with Crippen molar-refractivity contribution in [1.29, 1.82) is 0 Å². The van der Waals surface area contributed by atoms with E-state index in [2.05, 4.69) is 106 Å². The van der Waals surface area contributed by atoms with Gasteiger partial charge in [-0.1, -0.05) is 36.4 Å². The zero-order valence-corrected chi connectivity index (χ0v) is 12.8. The third-order valence-electron chi connectivity index (χ3n) is 2.21. The van der Waals surface area contributed by atoms with Gasteiger partial charge in [-0.05, 0) is 80.6 Å². The molecule has 0 spiro atoms. The molecule has 0 aliphatic carbocycles. The summed E-state index contributed by atoms with van der Waals surface area (Å²) in [5.41, 5.74) is 2.47. The molecule has 0 fully saturated rings. The van der Waals surface area contributed by atoms with Crippen LogP contribution in [0.3, 0.4) is 0 Å². The summed E-state index contributed by atoms with van der Waals surface area (Å²) in [7, 11) is 0. The van der Waals surface area contributed by atoms with Crippen LogP contribution in [0.5, 0.6) is 0 Å². The summed E-state index contributed by atoms with van der Waals surface area (Å²) in [6, 6.07) is 17.0. The quantitative estimate of drug-likeness (QED) is 0.460. The standard InChI is InChI=1S/C14H10I2/c15-13-7-3-11(4-8-13)1-2-12-5-9-14(16)10-6-12/h1-10H. The molecular weight excluding hydrogens is 422 g/mol. The Hall–Kier alpha value is -0.360. The van der Waals surface area contributed by atoms with Gasteiger partial charge in [0.1, 0.15) is 0 Å².